The van der Waals surface area contributed by atoms with Gasteiger partial charge in [-0.2, -0.15) is 4.98 Å². The molecule has 0 atom stereocenters. The number of aromatic nitrogens is 2. The van der Waals surface area contributed by atoms with Crippen molar-refractivity contribution in [3.8, 4) is 22.8 Å². The van der Waals surface area contributed by atoms with E-state index in [1.807, 2.05) is 30.3 Å². The van der Waals surface area contributed by atoms with Gasteiger partial charge in [0, 0.05) is 5.56 Å². The maximum atomic E-state index is 12.0. The largest absolute Gasteiger partial charge is 0.466 e. The second-order valence-corrected chi connectivity index (χ2v) is 5.53. The molecule has 8 nitrogen and oxygen atoms in total. The highest BCUT2D eigenvalue weighted by Crippen LogP contribution is 2.29. The number of methoxy groups -OCH3 is 2. The van der Waals surface area contributed by atoms with Crippen molar-refractivity contribution in [2.45, 2.75) is 0 Å². The molecule has 0 aliphatic heterocycles. The lowest BCUT2D eigenvalue weighted by atomic mass is 10.1. The molecule has 3 aromatic rings. The predicted molar refractivity (Wildman–Crippen MR) is 101 cm³/mol. The summed E-state index contributed by atoms with van der Waals surface area (Å²) in [6.07, 6.45) is 1.01. The summed E-state index contributed by atoms with van der Waals surface area (Å²) in [6.45, 7) is 0. The second-order valence-electron chi connectivity index (χ2n) is 5.53. The van der Waals surface area contributed by atoms with Crippen LogP contribution in [0.3, 0.4) is 0 Å². The number of nitrogens with one attached hydrogen (secondary N) is 1. The minimum absolute atomic E-state index is 0.0930. The quantitative estimate of drug-likeness (QED) is 0.515. The first-order valence-electron chi connectivity index (χ1n) is 8.26. The summed E-state index contributed by atoms with van der Waals surface area (Å²) in [6, 6.07) is 16.4. The average Bonchev–Trinajstić information content (AvgIpc) is 3.23. The smallest absolute Gasteiger partial charge is 0.354 e. The number of hydrogen-bond donors (Lipinski definition) is 1. The summed E-state index contributed by atoms with van der Waals surface area (Å²) >= 11 is 0. The van der Waals surface area contributed by atoms with Gasteiger partial charge < -0.3 is 19.3 Å². The molecule has 1 heterocycles. The first-order valence-corrected chi connectivity index (χ1v) is 8.26. The van der Waals surface area contributed by atoms with Crippen LogP contribution in [0.5, 0.6) is 0 Å². The molecule has 0 aliphatic rings. The van der Waals surface area contributed by atoms with E-state index < -0.39 is 11.9 Å². The van der Waals surface area contributed by atoms with Crippen LogP contribution >= 0.6 is 0 Å². The molecule has 0 saturated carbocycles. The lowest BCUT2D eigenvalue weighted by Gasteiger charge is -2.11. The molecule has 0 spiro atoms. The number of carbonyl (C=O) groups is 2. The predicted octanol–water partition coefficient (Wildman–Crippen LogP) is 3.05. The minimum Gasteiger partial charge on any atom is -0.466 e. The van der Waals surface area contributed by atoms with Gasteiger partial charge in [-0.15, -0.1) is 0 Å². The Labute approximate surface area is 160 Å². The maximum Gasteiger partial charge on any atom is 0.354 e. The van der Waals surface area contributed by atoms with Gasteiger partial charge in [-0.25, -0.2) is 9.59 Å². The summed E-state index contributed by atoms with van der Waals surface area (Å²) in [7, 11) is 2.43. The summed E-state index contributed by atoms with van der Waals surface area (Å²) < 4.78 is 14.7. The van der Waals surface area contributed by atoms with Crippen molar-refractivity contribution >= 4 is 17.6 Å². The Hall–Kier alpha value is -3.94. The van der Waals surface area contributed by atoms with Gasteiger partial charge in [-0.3, -0.25) is 0 Å². The molecular weight excluding hydrogens is 362 g/mol. The maximum absolute atomic E-state index is 12.0. The monoisotopic (exact) mass is 379 g/mol. The Balaban J connectivity index is 1.95. The zero-order valence-corrected chi connectivity index (χ0v) is 15.2. The molecule has 28 heavy (non-hydrogen) atoms. The number of hydrogen-bond acceptors (Lipinski definition) is 8. The molecule has 3 rings (SSSR count). The molecule has 0 unspecified atom stereocenters. The number of esters is 2. The van der Waals surface area contributed by atoms with Crippen LogP contribution in [0.1, 0.15) is 0 Å². The minimum atomic E-state index is -0.726. The first-order chi connectivity index (χ1) is 13.6. The van der Waals surface area contributed by atoms with E-state index in [1.54, 1.807) is 24.3 Å². The van der Waals surface area contributed by atoms with Gasteiger partial charge in [0.1, 0.15) is 5.70 Å². The van der Waals surface area contributed by atoms with Gasteiger partial charge in [0.2, 0.25) is 5.82 Å². The van der Waals surface area contributed by atoms with Gasteiger partial charge in [-0.1, -0.05) is 47.6 Å². The molecular formula is C20H17N3O5. The van der Waals surface area contributed by atoms with Crippen LogP contribution in [0.2, 0.25) is 0 Å². The van der Waals surface area contributed by atoms with Crippen LogP contribution in [-0.2, 0) is 19.1 Å². The lowest BCUT2D eigenvalue weighted by Crippen LogP contribution is -2.15. The highest BCUT2D eigenvalue weighted by molar-refractivity contribution is 5.99. The summed E-state index contributed by atoms with van der Waals surface area (Å²) in [5.41, 5.74) is 1.75. The van der Waals surface area contributed by atoms with Crippen molar-refractivity contribution in [3.63, 3.8) is 0 Å². The fourth-order valence-electron chi connectivity index (χ4n) is 2.39. The Kier molecular flexibility index (Phi) is 5.81. The van der Waals surface area contributed by atoms with E-state index >= 15 is 0 Å². The van der Waals surface area contributed by atoms with E-state index in [-0.39, 0.29) is 11.6 Å². The summed E-state index contributed by atoms with van der Waals surface area (Å²) in [4.78, 5) is 28.0. The number of para-hydroxylation sites is 1. The Morgan fingerprint density at radius 1 is 1.00 bits per heavy atom. The lowest BCUT2D eigenvalue weighted by molar-refractivity contribution is -0.138. The second kappa shape index (κ2) is 8.63. The highest BCUT2D eigenvalue weighted by Gasteiger charge is 2.18. The van der Waals surface area contributed by atoms with Gasteiger partial charge >= 0.3 is 11.9 Å². The van der Waals surface area contributed by atoms with E-state index in [2.05, 4.69) is 20.2 Å². The summed E-state index contributed by atoms with van der Waals surface area (Å²) in [5.74, 6) is -0.738. The zero-order chi connectivity index (χ0) is 19.9. The van der Waals surface area contributed by atoms with Crippen LogP contribution in [0, 0.1) is 0 Å². The third-order valence-corrected chi connectivity index (χ3v) is 3.75. The van der Waals surface area contributed by atoms with E-state index in [0.717, 1.165) is 11.6 Å². The number of rotatable bonds is 6. The van der Waals surface area contributed by atoms with E-state index in [4.69, 9.17) is 9.26 Å². The van der Waals surface area contributed by atoms with Crippen molar-refractivity contribution in [1.29, 1.82) is 0 Å². The zero-order valence-electron chi connectivity index (χ0n) is 15.2. The highest BCUT2D eigenvalue weighted by atomic mass is 16.5. The fourth-order valence-corrected chi connectivity index (χ4v) is 2.39. The summed E-state index contributed by atoms with van der Waals surface area (Å²) in [5, 5.41) is 6.87. The molecule has 0 radical (unpaired) electrons. The number of nitrogens with zero attached hydrogens (tertiary/aromatic N) is 2. The third-order valence-electron chi connectivity index (χ3n) is 3.75. The Morgan fingerprint density at radius 3 is 2.43 bits per heavy atom. The van der Waals surface area contributed by atoms with Gasteiger partial charge in [0.05, 0.1) is 31.5 Å². The van der Waals surface area contributed by atoms with E-state index in [0.29, 0.717) is 17.1 Å². The molecule has 0 aliphatic carbocycles. The molecule has 1 aromatic heterocycles. The third kappa shape index (κ3) is 4.24. The van der Waals surface area contributed by atoms with Crippen LogP contribution < -0.4 is 5.32 Å². The van der Waals surface area contributed by atoms with Crippen LogP contribution in [0.25, 0.3) is 22.8 Å². The molecule has 0 saturated heterocycles. The number of ether oxygens (including phenoxy) is 2. The van der Waals surface area contributed by atoms with Crippen LogP contribution in [0.4, 0.5) is 5.69 Å². The van der Waals surface area contributed by atoms with Crippen LogP contribution in [-0.4, -0.2) is 36.3 Å². The molecule has 0 fully saturated rings. The molecule has 1 N–H and O–H groups in total. The standard InChI is InChI=1S/C20H17N3O5/c1-26-17(24)12-16(20(25)27-2)21-15-11-7-6-10-14(15)19-22-18(23-28-19)13-8-4-3-5-9-13/h3-12,21H,1-2H3/b16-12+. The molecule has 142 valence electrons. The number of anilines is 1. The van der Waals surface area contributed by atoms with Crippen molar-refractivity contribution < 1.29 is 23.6 Å². The van der Waals surface area contributed by atoms with Crippen molar-refractivity contribution in [2.24, 2.45) is 0 Å². The Bertz CT molecular complexity index is 1010. The average molecular weight is 379 g/mol. The SMILES string of the molecule is COC(=O)/C=C(/Nc1ccccc1-c1nc(-c2ccccc2)no1)C(=O)OC. The molecule has 2 aromatic carbocycles. The van der Waals surface area contributed by atoms with Gasteiger partial charge in [0.15, 0.2) is 0 Å². The van der Waals surface area contributed by atoms with Gasteiger partial charge in [-0.05, 0) is 12.1 Å². The van der Waals surface area contributed by atoms with Crippen molar-refractivity contribution in [2.75, 3.05) is 19.5 Å². The molecule has 8 heteroatoms. The van der Waals surface area contributed by atoms with Gasteiger partial charge in [0.25, 0.3) is 5.89 Å². The fraction of sp³-hybridized carbons (Fsp3) is 0.100. The number of carbonyl (C=O) groups excluding carboxylic acids is 2. The van der Waals surface area contributed by atoms with E-state index in [9.17, 15) is 9.59 Å². The first kappa shape index (κ1) is 18.8. The molecule has 0 amide bonds. The topological polar surface area (TPSA) is 104 Å². The normalized spacial score (nSPS) is 11.0. The number of benzene rings is 2. The van der Waals surface area contributed by atoms with Crippen molar-refractivity contribution in [3.05, 3.63) is 66.4 Å². The van der Waals surface area contributed by atoms with Crippen molar-refractivity contribution in [1.82, 2.24) is 10.1 Å². The Morgan fingerprint density at radius 2 is 1.71 bits per heavy atom. The molecule has 0 bridgehead atoms. The van der Waals surface area contributed by atoms with E-state index in [1.165, 1.54) is 14.2 Å². The van der Waals surface area contributed by atoms with Crippen LogP contribution in [0.15, 0.2) is 70.9 Å².